The normalized spacial score (nSPS) is 43.1. The highest BCUT2D eigenvalue weighted by atomic mass is 16.7. The average Bonchev–Trinajstić information content (AvgIpc) is 3.45. The maximum atomic E-state index is 12.1. The topological polar surface area (TPSA) is 181 Å². The number of carbonyl (C=O) groups is 2. The van der Waals surface area contributed by atoms with Crippen LogP contribution in [-0.4, -0.2) is 113 Å². The molecule has 1 aliphatic heterocycles. The summed E-state index contributed by atoms with van der Waals surface area (Å²) in [6, 6.07) is 0. The predicted octanol–water partition coefficient (Wildman–Crippen LogP) is 0.619. The Morgan fingerprint density at radius 2 is 1.79 bits per heavy atom. The first kappa shape index (κ1) is 34.0. The van der Waals surface area contributed by atoms with Crippen molar-refractivity contribution in [2.75, 3.05) is 26.9 Å². The van der Waals surface area contributed by atoms with Crippen molar-refractivity contribution in [3.05, 3.63) is 22.8 Å². The summed E-state index contributed by atoms with van der Waals surface area (Å²) >= 11 is 0. The predicted molar refractivity (Wildman–Crippen MR) is 151 cm³/mol. The lowest BCUT2D eigenvalue weighted by Crippen LogP contribution is -2.62. The Morgan fingerprint density at radius 1 is 1.09 bits per heavy atom. The van der Waals surface area contributed by atoms with E-state index in [2.05, 4.69) is 6.08 Å². The Hall–Kier alpha value is -1.90. The van der Waals surface area contributed by atoms with Gasteiger partial charge in [0, 0.05) is 38.2 Å². The van der Waals surface area contributed by atoms with Gasteiger partial charge in [-0.25, -0.2) is 0 Å². The molecule has 2 fully saturated rings. The standard InChI is InChI=1S/C31H48O12/c1-14(12-40-16(3)33)20-9-23(35)31(5)10-21-18(13-39-6)7-8-19(21)15(2)25(36)28(24(20)31)43-30-27(38)29(41-17(4)34)26(37)22(11-32)42-30/h10,14-15,18-19,22-23,25-30,32,35-38H,7-9,11-13H2,1-6H3/b21-10-/t14-,15-,18-,19+,22?,23+,25-,26?,27?,28-,29?,30-,31+/m1/s1. The molecule has 1 saturated heterocycles. The van der Waals surface area contributed by atoms with Crippen molar-refractivity contribution in [1.82, 2.24) is 0 Å². The van der Waals surface area contributed by atoms with Gasteiger partial charge in [-0.2, -0.15) is 0 Å². The summed E-state index contributed by atoms with van der Waals surface area (Å²) in [5.41, 5.74) is 1.47. The fraction of sp³-hybridized carbons (Fsp3) is 0.806. The van der Waals surface area contributed by atoms with Crippen LogP contribution in [0.25, 0.3) is 0 Å². The number of carbonyl (C=O) groups excluding carboxylic acids is 2. The minimum Gasteiger partial charge on any atom is -0.465 e. The monoisotopic (exact) mass is 612 g/mol. The van der Waals surface area contributed by atoms with E-state index >= 15 is 0 Å². The third-order valence-corrected chi connectivity index (χ3v) is 9.90. The molecule has 1 saturated carbocycles. The fourth-order valence-corrected chi connectivity index (χ4v) is 7.54. The van der Waals surface area contributed by atoms with E-state index in [1.807, 2.05) is 20.8 Å². The number of aliphatic hydroxyl groups is 5. The maximum absolute atomic E-state index is 12.1. The van der Waals surface area contributed by atoms with Gasteiger partial charge in [0.05, 0.1) is 32.0 Å². The van der Waals surface area contributed by atoms with Crippen molar-refractivity contribution < 1.29 is 58.8 Å². The van der Waals surface area contributed by atoms with Gasteiger partial charge in [0.25, 0.3) is 0 Å². The number of rotatable bonds is 9. The smallest absolute Gasteiger partial charge is 0.303 e. The van der Waals surface area contributed by atoms with E-state index in [1.165, 1.54) is 6.92 Å². The molecule has 0 spiro atoms. The van der Waals surface area contributed by atoms with Crippen molar-refractivity contribution in [3.8, 4) is 0 Å². The van der Waals surface area contributed by atoms with E-state index in [1.54, 1.807) is 7.11 Å². The van der Waals surface area contributed by atoms with Crippen molar-refractivity contribution in [2.45, 2.75) is 103 Å². The molecule has 43 heavy (non-hydrogen) atoms. The second-order valence-electron chi connectivity index (χ2n) is 12.8. The van der Waals surface area contributed by atoms with Crippen LogP contribution >= 0.6 is 0 Å². The van der Waals surface area contributed by atoms with Crippen molar-refractivity contribution in [3.63, 3.8) is 0 Å². The zero-order chi connectivity index (χ0) is 31.8. The molecule has 0 aromatic carbocycles. The summed E-state index contributed by atoms with van der Waals surface area (Å²) in [7, 11) is 1.65. The van der Waals surface area contributed by atoms with Gasteiger partial charge in [-0.3, -0.25) is 9.59 Å². The number of fused-ring (bicyclic) bond motifs is 2. The molecule has 5 N–H and O–H groups in total. The molecule has 0 radical (unpaired) electrons. The SMILES string of the molecule is COC[C@H]1CC[C@@H]2/C1=C\[C@]1(C)C(=C([C@H](C)COC(C)=O)C[C@@H]1O)[C@@H](O[C@H]1OC(CO)C(O)C(OC(C)=O)C1O)[C@H](O)[C@@H]2C. The van der Waals surface area contributed by atoms with Gasteiger partial charge in [-0.15, -0.1) is 0 Å². The molecule has 0 bridgehead atoms. The first-order chi connectivity index (χ1) is 20.2. The van der Waals surface area contributed by atoms with Crippen LogP contribution in [-0.2, 0) is 33.3 Å². The molecule has 3 aliphatic carbocycles. The quantitative estimate of drug-likeness (QED) is 0.181. The van der Waals surface area contributed by atoms with Gasteiger partial charge in [0.1, 0.15) is 24.4 Å². The van der Waals surface area contributed by atoms with Crippen molar-refractivity contribution >= 4 is 11.9 Å². The molecule has 244 valence electrons. The summed E-state index contributed by atoms with van der Waals surface area (Å²) in [4.78, 5) is 23.4. The summed E-state index contributed by atoms with van der Waals surface area (Å²) in [5, 5.41) is 55.4. The van der Waals surface area contributed by atoms with Crippen LogP contribution in [0, 0.1) is 29.1 Å². The highest BCUT2D eigenvalue weighted by Gasteiger charge is 2.55. The molecule has 1 heterocycles. The van der Waals surface area contributed by atoms with Gasteiger partial charge in [0.2, 0.25) is 0 Å². The third-order valence-electron chi connectivity index (χ3n) is 9.90. The molecule has 0 amide bonds. The van der Waals surface area contributed by atoms with E-state index in [9.17, 15) is 35.1 Å². The molecule has 0 aromatic heterocycles. The Labute approximate surface area is 252 Å². The van der Waals surface area contributed by atoms with Gasteiger partial charge in [0.15, 0.2) is 12.4 Å². The van der Waals surface area contributed by atoms with E-state index in [0.29, 0.717) is 12.2 Å². The van der Waals surface area contributed by atoms with E-state index < -0.39 is 73.0 Å². The molecule has 12 nitrogen and oxygen atoms in total. The van der Waals surface area contributed by atoms with Crippen LogP contribution in [0.2, 0.25) is 0 Å². The van der Waals surface area contributed by atoms with Crippen LogP contribution in [0.15, 0.2) is 22.8 Å². The van der Waals surface area contributed by atoms with Crippen molar-refractivity contribution in [1.29, 1.82) is 0 Å². The molecule has 0 aromatic rings. The number of hydrogen-bond donors (Lipinski definition) is 5. The van der Waals surface area contributed by atoms with E-state index in [4.69, 9.17) is 23.7 Å². The first-order valence-electron chi connectivity index (χ1n) is 15.1. The maximum Gasteiger partial charge on any atom is 0.303 e. The zero-order valence-electron chi connectivity index (χ0n) is 25.8. The van der Waals surface area contributed by atoms with Gasteiger partial charge < -0.3 is 49.2 Å². The summed E-state index contributed by atoms with van der Waals surface area (Å²) in [6.45, 7) is 8.07. The lowest BCUT2D eigenvalue weighted by Gasteiger charge is -2.46. The minimum atomic E-state index is -1.65. The molecular formula is C31H48O12. The number of aliphatic hydroxyl groups excluding tert-OH is 5. The van der Waals surface area contributed by atoms with E-state index in [0.717, 1.165) is 30.9 Å². The average molecular weight is 613 g/mol. The second kappa shape index (κ2) is 13.6. The van der Waals surface area contributed by atoms with Crippen molar-refractivity contribution in [2.24, 2.45) is 29.1 Å². The lowest BCUT2D eigenvalue weighted by atomic mass is 9.68. The van der Waals surface area contributed by atoms with Gasteiger partial charge >= 0.3 is 11.9 Å². The molecule has 13 atom stereocenters. The first-order valence-corrected chi connectivity index (χ1v) is 15.1. The lowest BCUT2D eigenvalue weighted by molar-refractivity contribution is -0.317. The molecular weight excluding hydrogens is 564 g/mol. The Kier molecular flexibility index (Phi) is 10.8. The Balaban J connectivity index is 1.83. The highest BCUT2D eigenvalue weighted by molar-refractivity contribution is 5.66. The largest absolute Gasteiger partial charge is 0.465 e. The van der Waals surface area contributed by atoms with Crippen LogP contribution in [0.3, 0.4) is 0 Å². The molecule has 4 aliphatic rings. The Morgan fingerprint density at radius 3 is 2.40 bits per heavy atom. The van der Waals surface area contributed by atoms with Crippen LogP contribution < -0.4 is 0 Å². The number of esters is 2. The second-order valence-corrected chi connectivity index (χ2v) is 12.8. The Bertz CT molecular complexity index is 1090. The highest BCUT2D eigenvalue weighted by Crippen LogP contribution is 2.55. The summed E-state index contributed by atoms with van der Waals surface area (Å²) < 4.78 is 28.3. The third kappa shape index (κ3) is 6.57. The molecule has 12 heteroatoms. The van der Waals surface area contributed by atoms with Gasteiger partial charge in [-0.1, -0.05) is 31.1 Å². The summed E-state index contributed by atoms with van der Waals surface area (Å²) in [5.74, 6) is -1.75. The zero-order valence-corrected chi connectivity index (χ0v) is 25.8. The van der Waals surface area contributed by atoms with Gasteiger partial charge in [-0.05, 0) is 43.6 Å². The molecule has 4 rings (SSSR count). The minimum absolute atomic E-state index is 0.0210. The molecule has 4 unspecified atom stereocenters. The van der Waals surface area contributed by atoms with Crippen LogP contribution in [0.1, 0.15) is 53.9 Å². The number of methoxy groups -OCH3 is 1. The van der Waals surface area contributed by atoms with Crippen LogP contribution in [0.5, 0.6) is 0 Å². The van der Waals surface area contributed by atoms with Crippen LogP contribution in [0.4, 0.5) is 0 Å². The van der Waals surface area contributed by atoms with E-state index in [-0.39, 0.29) is 36.7 Å². The number of hydrogen-bond acceptors (Lipinski definition) is 12. The number of ether oxygens (including phenoxy) is 5. The summed E-state index contributed by atoms with van der Waals surface area (Å²) in [6.07, 6.45) is -6.52. The fourth-order valence-electron chi connectivity index (χ4n) is 7.54.